The lowest BCUT2D eigenvalue weighted by atomic mass is 10.1. The molecule has 0 spiro atoms. The number of carbonyl (C=O) groups excluding carboxylic acids is 1. The van der Waals surface area contributed by atoms with Crippen LogP contribution in [0.3, 0.4) is 0 Å². The molecule has 3 aromatic carbocycles. The standard InChI is InChI=1S/C28H20F2N6O/c29-25(30)24-15-22(19-11-5-2-6-12-19)32-26-20(16-31-36(24)26)27(37)34-28-33-21-13-7-8-14-23(21)35(28)17-18-9-3-1-4-10-18/h1-16,25H,17H2,(H,33,34,37). The highest BCUT2D eigenvalue weighted by molar-refractivity contribution is 6.08. The number of fused-ring (bicyclic) bond motifs is 2. The molecule has 0 radical (unpaired) electrons. The average Bonchev–Trinajstić information content (AvgIpc) is 3.51. The molecule has 0 atom stereocenters. The molecule has 0 aliphatic heterocycles. The smallest absolute Gasteiger partial charge is 0.280 e. The van der Waals surface area contributed by atoms with E-state index in [4.69, 9.17) is 0 Å². The molecule has 6 aromatic rings. The van der Waals surface area contributed by atoms with Gasteiger partial charge in [-0.15, -0.1) is 0 Å². The van der Waals surface area contributed by atoms with Crippen molar-refractivity contribution in [2.75, 3.05) is 5.32 Å². The van der Waals surface area contributed by atoms with Crippen LogP contribution in [0.25, 0.3) is 27.9 Å². The van der Waals surface area contributed by atoms with Crippen molar-refractivity contribution in [2.45, 2.75) is 13.0 Å². The summed E-state index contributed by atoms with van der Waals surface area (Å²) in [5.74, 6) is -0.208. The normalized spacial score (nSPS) is 11.4. The number of hydrogen-bond donors (Lipinski definition) is 1. The van der Waals surface area contributed by atoms with E-state index in [0.717, 1.165) is 21.1 Å². The second-order valence-electron chi connectivity index (χ2n) is 8.48. The topological polar surface area (TPSA) is 77.1 Å². The molecule has 0 fully saturated rings. The van der Waals surface area contributed by atoms with E-state index in [9.17, 15) is 13.6 Å². The molecule has 0 aliphatic carbocycles. The summed E-state index contributed by atoms with van der Waals surface area (Å²) in [4.78, 5) is 22.6. The number of amides is 1. The van der Waals surface area contributed by atoms with Crippen molar-refractivity contribution in [1.82, 2.24) is 24.1 Å². The van der Waals surface area contributed by atoms with Gasteiger partial charge in [-0.25, -0.2) is 23.3 Å². The summed E-state index contributed by atoms with van der Waals surface area (Å²) in [6, 6.07) is 27.7. The van der Waals surface area contributed by atoms with Gasteiger partial charge < -0.3 is 4.57 Å². The molecule has 3 aromatic heterocycles. The molecule has 0 saturated heterocycles. The highest BCUT2D eigenvalue weighted by atomic mass is 19.3. The maximum Gasteiger partial charge on any atom is 0.280 e. The van der Waals surface area contributed by atoms with Gasteiger partial charge in [-0.2, -0.15) is 5.10 Å². The van der Waals surface area contributed by atoms with Gasteiger partial charge in [0.1, 0.15) is 11.3 Å². The van der Waals surface area contributed by atoms with Gasteiger partial charge >= 0.3 is 0 Å². The Kier molecular flexibility index (Phi) is 5.65. The van der Waals surface area contributed by atoms with Gasteiger partial charge in [-0.1, -0.05) is 72.8 Å². The Morgan fingerprint density at radius 2 is 1.59 bits per heavy atom. The SMILES string of the molecule is O=C(Nc1nc2ccccc2n1Cc1ccccc1)c1cnn2c(C(F)F)cc(-c3ccccc3)nc12. The number of anilines is 1. The monoisotopic (exact) mass is 494 g/mol. The van der Waals surface area contributed by atoms with Crippen LogP contribution in [0.2, 0.25) is 0 Å². The van der Waals surface area contributed by atoms with E-state index >= 15 is 0 Å². The van der Waals surface area contributed by atoms with Gasteiger partial charge in [0.05, 0.1) is 29.5 Å². The van der Waals surface area contributed by atoms with Crippen molar-refractivity contribution in [2.24, 2.45) is 0 Å². The third-order valence-electron chi connectivity index (χ3n) is 6.10. The van der Waals surface area contributed by atoms with Crippen molar-refractivity contribution in [1.29, 1.82) is 0 Å². The number of nitrogens with zero attached hydrogens (tertiary/aromatic N) is 5. The van der Waals surface area contributed by atoms with Crippen molar-refractivity contribution >= 4 is 28.5 Å². The van der Waals surface area contributed by atoms with E-state index in [1.807, 2.05) is 65.2 Å². The lowest BCUT2D eigenvalue weighted by Gasteiger charge is -2.11. The van der Waals surface area contributed by atoms with E-state index in [1.54, 1.807) is 24.3 Å². The molecule has 1 N–H and O–H groups in total. The first kappa shape index (κ1) is 22.5. The van der Waals surface area contributed by atoms with Crippen molar-refractivity contribution in [3.05, 3.63) is 114 Å². The van der Waals surface area contributed by atoms with Gasteiger partial charge in [-0.3, -0.25) is 10.1 Å². The van der Waals surface area contributed by atoms with Gasteiger partial charge in [0.25, 0.3) is 12.3 Å². The Labute approximate surface area is 210 Å². The average molecular weight is 495 g/mol. The number of para-hydroxylation sites is 2. The first-order chi connectivity index (χ1) is 18.1. The second-order valence-corrected chi connectivity index (χ2v) is 8.48. The van der Waals surface area contributed by atoms with Crippen LogP contribution in [0.4, 0.5) is 14.7 Å². The fourth-order valence-corrected chi connectivity index (χ4v) is 4.32. The lowest BCUT2D eigenvalue weighted by Crippen LogP contribution is -2.17. The molecule has 0 aliphatic rings. The van der Waals surface area contributed by atoms with Crippen LogP contribution in [0.15, 0.2) is 97.2 Å². The van der Waals surface area contributed by atoms with Crippen LogP contribution in [0.1, 0.15) is 28.0 Å². The molecule has 7 nitrogen and oxygen atoms in total. The summed E-state index contributed by atoms with van der Waals surface area (Å²) in [5.41, 5.74) is 3.35. The first-order valence-corrected chi connectivity index (χ1v) is 11.6. The zero-order chi connectivity index (χ0) is 25.4. The zero-order valence-electron chi connectivity index (χ0n) is 19.4. The molecule has 182 valence electrons. The number of carbonyl (C=O) groups is 1. The summed E-state index contributed by atoms with van der Waals surface area (Å²) in [6.07, 6.45) is -1.55. The number of imidazole rings is 1. The number of benzene rings is 3. The summed E-state index contributed by atoms with van der Waals surface area (Å²) < 4.78 is 30.8. The summed E-state index contributed by atoms with van der Waals surface area (Å²) in [6.45, 7) is 0.484. The summed E-state index contributed by atoms with van der Waals surface area (Å²) in [7, 11) is 0. The summed E-state index contributed by atoms with van der Waals surface area (Å²) in [5, 5.41) is 6.91. The minimum Gasteiger partial charge on any atom is -0.305 e. The second kappa shape index (κ2) is 9.27. The molecule has 37 heavy (non-hydrogen) atoms. The number of aromatic nitrogens is 5. The molecule has 9 heteroatoms. The van der Waals surface area contributed by atoms with Crippen LogP contribution in [0.5, 0.6) is 0 Å². The maximum absolute atomic E-state index is 13.9. The minimum atomic E-state index is -2.81. The maximum atomic E-state index is 13.9. The van der Waals surface area contributed by atoms with E-state index in [2.05, 4.69) is 20.4 Å². The predicted molar refractivity (Wildman–Crippen MR) is 137 cm³/mol. The van der Waals surface area contributed by atoms with Gasteiger partial charge in [0.2, 0.25) is 5.95 Å². The first-order valence-electron chi connectivity index (χ1n) is 11.6. The van der Waals surface area contributed by atoms with Crippen molar-refractivity contribution < 1.29 is 13.6 Å². The summed E-state index contributed by atoms with van der Waals surface area (Å²) >= 11 is 0. The highest BCUT2D eigenvalue weighted by Crippen LogP contribution is 2.27. The largest absolute Gasteiger partial charge is 0.305 e. The Morgan fingerprint density at radius 3 is 2.35 bits per heavy atom. The molecular weight excluding hydrogens is 474 g/mol. The third-order valence-corrected chi connectivity index (χ3v) is 6.10. The fraction of sp³-hybridized carbons (Fsp3) is 0.0714. The van der Waals surface area contributed by atoms with Gasteiger partial charge in [0.15, 0.2) is 5.65 Å². The molecule has 0 saturated carbocycles. The Hall–Kier alpha value is -4.92. The number of hydrogen-bond acceptors (Lipinski definition) is 4. The molecule has 0 bridgehead atoms. The molecule has 1 amide bonds. The van der Waals surface area contributed by atoms with Gasteiger partial charge in [0, 0.05) is 5.56 Å². The van der Waals surface area contributed by atoms with E-state index < -0.39 is 12.3 Å². The van der Waals surface area contributed by atoms with Crippen LogP contribution >= 0.6 is 0 Å². The number of nitrogens with one attached hydrogen (secondary N) is 1. The molecule has 6 rings (SSSR count). The molecule has 3 heterocycles. The number of alkyl halides is 2. The van der Waals surface area contributed by atoms with Crippen LogP contribution in [-0.4, -0.2) is 30.1 Å². The molecular formula is C28H20F2N6O. The number of halogens is 2. The van der Waals surface area contributed by atoms with Crippen LogP contribution < -0.4 is 5.32 Å². The number of rotatable bonds is 6. The van der Waals surface area contributed by atoms with E-state index in [-0.39, 0.29) is 16.9 Å². The van der Waals surface area contributed by atoms with Crippen molar-refractivity contribution in [3.63, 3.8) is 0 Å². The Balaban J connectivity index is 1.42. The lowest BCUT2D eigenvalue weighted by molar-refractivity contribution is 0.102. The predicted octanol–water partition coefficient (Wildman–Crippen LogP) is 5.98. The van der Waals surface area contributed by atoms with Crippen molar-refractivity contribution in [3.8, 4) is 11.3 Å². The fourth-order valence-electron chi connectivity index (χ4n) is 4.32. The third kappa shape index (κ3) is 4.20. The Morgan fingerprint density at radius 1 is 0.892 bits per heavy atom. The van der Waals surface area contributed by atoms with Gasteiger partial charge in [-0.05, 0) is 23.8 Å². The van der Waals surface area contributed by atoms with Crippen LogP contribution in [0, 0.1) is 0 Å². The quantitative estimate of drug-likeness (QED) is 0.309. The Bertz CT molecular complexity index is 1730. The van der Waals surface area contributed by atoms with E-state index in [1.165, 1.54) is 12.3 Å². The van der Waals surface area contributed by atoms with E-state index in [0.29, 0.717) is 23.8 Å². The minimum absolute atomic E-state index is 0.0415. The van der Waals surface area contributed by atoms with Crippen LogP contribution in [-0.2, 0) is 6.54 Å². The zero-order valence-corrected chi connectivity index (χ0v) is 19.4. The highest BCUT2D eigenvalue weighted by Gasteiger charge is 2.23. The molecule has 0 unspecified atom stereocenters.